The molecule has 1 amide bonds. The van der Waals surface area contributed by atoms with E-state index < -0.39 is 0 Å². The average Bonchev–Trinajstić information content (AvgIpc) is 3.20. The first-order chi connectivity index (χ1) is 11.2. The van der Waals surface area contributed by atoms with E-state index in [4.69, 9.17) is 14.2 Å². The Balaban J connectivity index is 1.52. The summed E-state index contributed by atoms with van der Waals surface area (Å²) in [5.74, 6) is 1.37. The fourth-order valence-corrected chi connectivity index (χ4v) is 2.87. The molecule has 23 heavy (non-hydrogen) atoms. The molecule has 1 N–H and O–H groups in total. The highest BCUT2D eigenvalue weighted by Crippen LogP contribution is 2.32. The van der Waals surface area contributed by atoms with E-state index in [1.807, 2.05) is 25.1 Å². The number of fused-ring (bicyclic) bond motifs is 1. The van der Waals surface area contributed by atoms with Gasteiger partial charge in [0, 0.05) is 13.5 Å². The van der Waals surface area contributed by atoms with E-state index in [0.29, 0.717) is 18.0 Å². The second-order valence-electron chi connectivity index (χ2n) is 5.06. The molecule has 1 aromatic heterocycles. The van der Waals surface area contributed by atoms with Crippen LogP contribution in [0.5, 0.6) is 11.5 Å². The normalized spacial score (nSPS) is 13.8. The van der Waals surface area contributed by atoms with Gasteiger partial charge in [0.1, 0.15) is 11.1 Å². The van der Waals surface area contributed by atoms with Gasteiger partial charge in [-0.3, -0.25) is 4.79 Å². The lowest BCUT2D eigenvalue weighted by molar-refractivity contribution is -0.116. The van der Waals surface area contributed by atoms with E-state index in [1.165, 1.54) is 11.3 Å². The number of amides is 1. The van der Waals surface area contributed by atoms with Gasteiger partial charge in [-0.05, 0) is 31.0 Å². The van der Waals surface area contributed by atoms with Crippen LogP contribution in [-0.4, -0.2) is 30.0 Å². The smallest absolute Gasteiger partial charge is 0.231 e. The van der Waals surface area contributed by atoms with Crippen LogP contribution >= 0.6 is 11.3 Å². The molecule has 0 aliphatic carbocycles. The molecular weight excluding hydrogens is 318 g/mol. The molecule has 1 atom stereocenters. The third-order valence-electron chi connectivity index (χ3n) is 3.47. The van der Waals surface area contributed by atoms with Gasteiger partial charge in [0.05, 0.1) is 0 Å². The maximum absolute atomic E-state index is 12.0. The Morgan fingerprint density at radius 2 is 2.22 bits per heavy atom. The summed E-state index contributed by atoms with van der Waals surface area (Å²) in [6.45, 7) is 2.13. The molecule has 7 nitrogen and oxygen atoms in total. The summed E-state index contributed by atoms with van der Waals surface area (Å²) < 4.78 is 15.8. The van der Waals surface area contributed by atoms with Gasteiger partial charge >= 0.3 is 0 Å². The molecule has 0 fully saturated rings. The zero-order valence-electron chi connectivity index (χ0n) is 12.9. The fourth-order valence-electron chi connectivity index (χ4n) is 2.09. The SMILES string of the molecule is COC(C)c1nnc(NC(=O)CCc2ccc3c(c2)OCO3)s1. The van der Waals surface area contributed by atoms with E-state index >= 15 is 0 Å². The summed E-state index contributed by atoms with van der Waals surface area (Å²) >= 11 is 1.32. The highest BCUT2D eigenvalue weighted by Gasteiger charge is 2.15. The first kappa shape index (κ1) is 15.7. The monoisotopic (exact) mass is 335 g/mol. The molecule has 1 aliphatic heterocycles. The van der Waals surface area contributed by atoms with Crippen LogP contribution in [0.3, 0.4) is 0 Å². The van der Waals surface area contributed by atoms with Gasteiger partial charge in [-0.15, -0.1) is 10.2 Å². The summed E-state index contributed by atoms with van der Waals surface area (Å²) in [5.41, 5.74) is 1.02. The lowest BCUT2D eigenvalue weighted by atomic mass is 10.1. The molecule has 0 saturated heterocycles. The predicted molar refractivity (Wildman–Crippen MR) is 84.8 cm³/mol. The molecular formula is C15H17N3O4S. The Kier molecular flexibility index (Phi) is 4.73. The first-order valence-electron chi connectivity index (χ1n) is 7.20. The molecule has 0 spiro atoms. The van der Waals surface area contributed by atoms with Crippen molar-refractivity contribution in [1.29, 1.82) is 0 Å². The molecule has 1 unspecified atom stereocenters. The minimum Gasteiger partial charge on any atom is -0.454 e. The van der Waals surface area contributed by atoms with Crippen LogP contribution in [0.15, 0.2) is 18.2 Å². The van der Waals surface area contributed by atoms with Gasteiger partial charge in [0.25, 0.3) is 0 Å². The standard InChI is InChI=1S/C15H17N3O4S/c1-9(20-2)14-17-18-15(23-14)16-13(19)6-4-10-3-5-11-12(7-10)22-8-21-11/h3,5,7,9H,4,6,8H2,1-2H3,(H,16,18,19). The highest BCUT2D eigenvalue weighted by atomic mass is 32.1. The Morgan fingerprint density at radius 3 is 3.04 bits per heavy atom. The highest BCUT2D eigenvalue weighted by molar-refractivity contribution is 7.15. The minimum atomic E-state index is -0.133. The lowest BCUT2D eigenvalue weighted by Gasteiger charge is -2.04. The van der Waals surface area contributed by atoms with E-state index in [9.17, 15) is 4.79 Å². The van der Waals surface area contributed by atoms with Crippen LogP contribution in [0.4, 0.5) is 5.13 Å². The van der Waals surface area contributed by atoms with E-state index in [0.717, 1.165) is 22.1 Å². The van der Waals surface area contributed by atoms with Gasteiger partial charge in [-0.2, -0.15) is 0 Å². The number of anilines is 1. The number of methoxy groups -OCH3 is 1. The van der Waals surface area contributed by atoms with Gasteiger partial charge in [-0.1, -0.05) is 17.4 Å². The number of carbonyl (C=O) groups is 1. The minimum absolute atomic E-state index is 0.101. The van der Waals surface area contributed by atoms with E-state index in [1.54, 1.807) is 7.11 Å². The van der Waals surface area contributed by atoms with Gasteiger partial charge in [0.15, 0.2) is 11.5 Å². The lowest BCUT2D eigenvalue weighted by Crippen LogP contribution is -2.12. The first-order valence-corrected chi connectivity index (χ1v) is 8.02. The van der Waals surface area contributed by atoms with Crippen LogP contribution in [-0.2, 0) is 16.0 Å². The Labute approximate surface area is 137 Å². The van der Waals surface area contributed by atoms with Crippen molar-refractivity contribution in [3.05, 3.63) is 28.8 Å². The predicted octanol–water partition coefficient (Wildman–Crippen LogP) is 2.55. The molecule has 3 rings (SSSR count). The number of rotatable bonds is 6. The summed E-state index contributed by atoms with van der Waals surface area (Å²) in [6, 6.07) is 5.70. The Hall–Kier alpha value is -2.19. The van der Waals surface area contributed by atoms with Crippen LogP contribution in [0, 0.1) is 0 Å². The molecule has 1 aliphatic rings. The van der Waals surface area contributed by atoms with Crippen molar-refractivity contribution in [1.82, 2.24) is 10.2 Å². The van der Waals surface area contributed by atoms with Crippen LogP contribution < -0.4 is 14.8 Å². The third-order valence-corrected chi connectivity index (χ3v) is 4.47. The molecule has 0 bridgehead atoms. The summed E-state index contributed by atoms with van der Waals surface area (Å²) in [6.07, 6.45) is 0.837. The van der Waals surface area contributed by atoms with Gasteiger partial charge in [0.2, 0.25) is 17.8 Å². The van der Waals surface area contributed by atoms with Crippen molar-refractivity contribution in [2.24, 2.45) is 0 Å². The molecule has 1 aromatic carbocycles. The number of benzene rings is 1. The second kappa shape index (κ2) is 6.93. The molecule has 0 saturated carbocycles. The van der Waals surface area contributed by atoms with Gasteiger partial charge in [-0.25, -0.2) is 0 Å². The molecule has 122 valence electrons. The number of aryl methyl sites for hydroxylation is 1. The topological polar surface area (TPSA) is 82.6 Å². The van der Waals surface area contributed by atoms with Crippen molar-refractivity contribution in [2.45, 2.75) is 25.9 Å². The molecule has 2 aromatic rings. The summed E-state index contributed by atoms with van der Waals surface area (Å²) in [7, 11) is 1.61. The van der Waals surface area contributed by atoms with E-state index in [-0.39, 0.29) is 18.8 Å². The van der Waals surface area contributed by atoms with Crippen molar-refractivity contribution in [2.75, 3.05) is 19.2 Å². The Bertz CT molecular complexity index is 704. The largest absolute Gasteiger partial charge is 0.454 e. The van der Waals surface area contributed by atoms with Crippen LogP contribution in [0.25, 0.3) is 0 Å². The number of aromatic nitrogens is 2. The number of hydrogen-bond acceptors (Lipinski definition) is 7. The molecule has 0 radical (unpaired) electrons. The maximum Gasteiger partial charge on any atom is 0.231 e. The van der Waals surface area contributed by atoms with Crippen molar-refractivity contribution in [3.63, 3.8) is 0 Å². The summed E-state index contributed by atoms with van der Waals surface area (Å²) in [4.78, 5) is 12.0. The molecule has 2 heterocycles. The number of ether oxygens (including phenoxy) is 3. The summed E-state index contributed by atoms with van der Waals surface area (Å²) in [5, 5.41) is 11.9. The van der Waals surface area contributed by atoms with Crippen molar-refractivity contribution in [3.8, 4) is 11.5 Å². The van der Waals surface area contributed by atoms with Crippen LogP contribution in [0.2, 0.25) is 0 Å². The number of nitrogens with zero attached hydrogens (tertiary/aromatic N) is 2. The molecule has 8 heteroatoms. The van der Waals surface area contributed by atoms with Crippen molar-refractivity contribution < 1.29 is 19.0 Å². The number of carbonyl (C=O) groups excluding carboxylic acids is 1. The van der Waals surface area contributed by atoms with Crippen molar-refractivity contribution >= 4 is 22.4 Å². The fraction of sp³-hybridized carbons (Fsp3) is 0.400. The quantitative estimate of drug-likeness (QED) is 0.873. The van der Waals surface area contributed by atoms with Gasteiger partial charge < -0.3 is 19.5 Å². The van der Waals surface area contributed by atoms with Crippen LogP contribution in [0.1, 0.15) is 30.0 Å². The second-order valence-corrected chi connectivity index (χ2v) is 6.07. The van der Waals surface area contributed by atoms with E-state index in [2.05, 4.69) is 15.5 Å². The third kappa shape index (κ3) is 3.77. The average molecular weight is 335 g/mol. The zero-order valence-corrected chi connectivity index (χ0v) is 13.7. The maximum atomic E-state index is 12.0. The Morgan fingerprint density at radius 1 is 1.39 bits per heavy atom. The number of nitrogens with one attached hydrogen (secondary N) is 1. The zero-order chi connectivity index (χ0) is 16.2. The number of hydrogen-bond donors (Lipinski definition) is 1.